The Kier molecular flexibility index (Phi) is 2.27. The number of aromatic hydroxyl groups is 5. The van der Waals surface area contributed by atoms with Gasteiger partial charge in [0.25, 0.3) is 0 Å². The van der Waals surface area contributed by atoms with Gasteiger partial charge in [0.05, 0.1) is 0 Å². The molecule has 8 N–H and O–H groups in total. The second kappa shape index (κ2) is 3.05. The van der Waals surface area contributed by atoms with Gasteiger partial charge in [0.1, 0.15) is 5.56 Å². The minimum absolute atomic E-state index is 1.27. The summed E-state index contributed by atoms with van der Waals surface area (Å²) in [6, 6.07) is 0. The molecule has 1 aromatic carbocycles. The van der Waals surface area contributed by atoms with Gasteiger partial charge in [-0.3, -0.25) is 0 Å². The summed E-state index contributed by atoms with van der Waals surface area (Å²) in [4.78, 5) is 0. The van der Waals surface area contributed by atoms with Crippen LogP contribution in [0.25, 0.3) is 0 Å². The molecule has 1 rings (SSSR count). The monoisotopic (exact) mass is 220 g/mol. The van der Waals surface area contributed by atoms with Gasteiger partial charge in [0, 0.05) is 0 Å². The van der Waals surface area contributed by atoms with E-state index in [1.165, 1.54) is 0 Å². The van der Waals surface area contributed by atoms with E-state index in [1.807, 2.05) is 0 Å². The predicted molar refractivity (Wildman–Crippen MR) is 43.1 cm³/mol. The highest BCUT2D eigenvalue weighted by Crippen LogP contribution is 2.52. The zero-order chi connectivity index (χ0) is 12.0. The summed E-state index contributed by atoms with van der Waals surface area (Å²) in [7, 11) is 0. The minimum atomic E-state index is -3.68. The number of aliphatic hydroxyl groups is 3. The Morgan fingerprint density at radius 2 is 0.800 bits per heavy atom. The molecule has 0 saturated carbocycles. The lowest BCUT2D eigenvalue weighted by atomic mass is 10.1. The molecule has 0 aliphatic rings. The maximum absolute atomic E-state index is 9.06. The van der Waals surface area contributed by atoms with Crippen LogP contribution < -0.4 is 0 Å². The lowest BCUT2D eigenvalue weighted by molar-refractivity contribution is -0.325. The van der Waals surface area contributed by atoms with Crippen molar-refractivity contribution in [2.24, 2.45) is 0 Å². The highest BCUT2D eigenvalue weighted by molar-refractivity contribution is 5.68. The van der Waals surface area contributed by atoms with Gasteiger partial charge in [0.15, 0.2) is 11.5 Å². The lowest BCUT2D eigenvalue weighted by Gasteiger charge is -2.18. The first-order chi connectivity index (χ1) is 6.68. The van der Waals surface area contributed by atoms with E-state index in [-0.39, 0.29) is 0 Å². The van der Waals surface area contributed by atoms with Crippen LogP contribution in [0, 0.1) is 0 Å². The van der Waals surface area contributed by atoms with E-state index in [0.29, 0.717) is 0 Å². The van der Waals surface area contributed by atoms with Crippen LogP contribution in [0.5, 0.6) is 28.7 Å². The predicted octanol–water partition coefficient (Wildman–Crippen LogP) is -1.70. The normalized spacial score (nSPS) is 11.7. The van der Waals surface area contributed by atoms with Crippen LogP contribution in [0.3, 0.4) is 0 Å². The second-order valence-electron chi connectivity index (χ2n) is 2.75. The first-order valence-corrected chi connectivity index (χ1v) is 3.54. The Morgan fingerprint density at radius 1 is 0.533 bits per heavy atom. The van der Waals surface area contributed by atoms with E-state index in [4.69, 9.17) is 40.9 Å². The number of hydrogen-bond acceptors (Lipinski definition) is 8. The summed E-state index contributed by atoms with van der Waals surface area (Å²) < 4.78 is 0. The first-order valence-electron chi connectivity index (χ1n) is 3.54. The summed E-state index contributed by atoms with van der Waals surface area (Å²) in [6.45, 7) is 0. The van der Waals surface area contributed by atoms with Crippen molar-refractivity contribution in [1.29, 1.82) is 0 Å². The zero-order valence-corrected chi connectivity index (χ0v) is 7.08. The number of hydrogen-bond donors (Lipinski definition) is 8. The van der Waals surface area contributed by atoms with E-state index in [9.17, 15) is 0 Å². The number of benzene rings is 1. The fourth-order valence-corrected chi connectivity index (χ4v) is 1.00. The van der Waals surface area contributed by atoms with E-state index in [2.05, 4.69) is 0 Å². The summed E-state index contributed by atoms with van der Waals surface area (Å²) in [5, 5.41) is 70.9. The van der Waals surface area contributed by atoms with Gasteiger partial charge >= 0.3 is 5.97 Å². The fourth-order valence-electron chi connectivity index (χ4n) is 1.00. The Morgan fingerprint density at radius 3 is 1.07 bits per heavy atom. The summed E-state index contributed by atoms with van der Waals surface area (Å²) in [6.07, 6.45) is 0. The van der Waals surface area contributed by atoms with Gasteiger partial charge in [-0.25, -0.2) is 0 Å². The molecule has 8 nitrogen and oxygen atoms in total. The summed E-state index contributed by atoms with van der Waals surface area (Å²) in [5.41, 5.74) is -1.35. The molecule has 15 heavy (non-hydrogen) atoms. The van der Waals surface area contributed by atoms with E-state index in [1.54, 1.807) is 0 Å². The standard InChI is InChI=1S/C7H8O8/c8-2-1(7(13,14)15)3(9)5(11)6(12)4(2)10/h8-15H. The van der Waals surface area contributed by atoms with Crippen molar-refractivity contribution in [3.05, 3.63) is 5.56 Å². The average Bonchev–Trinajstić information content (AvgIpc) is 2.09. The van der Waals surface area contributed by atoms with E-state index < -0.39 is 40.3 Å². The van der Waals surface area contributed by atoms with Crippen molar-refractivity contribution in [3.8, 4) is 28.7 Å². The number of phenols is 5. The molecule has 0 aliphatic carbocycles. The first kappa shape index (κ1) is 11.2. The molecule has 8 heteroatoms. The second-order valence-corrected chi connectivity index (χ2v) is 2.75. The maximum Gasteiger partial charge on any atom is 0.312 e. The third-order valence-corrected chi connectivity index (χ3v) is 1.71. The van der Waals surface area contributed by atoms with Crippen LogP contribution in [-0.2, 0) is 5.97 Å². The smallest absolute Gasteiger partial charge is 0.312 e. The molecule has 0 radical (unpaired) electrons. The molecular formula is C7H8O8. The van der Waals surface area contributed by atoms with Crippen molar-refractivity contribution < 1.29 is 40.9 Å². The molecule has 0 saturated heterocycles. The van der Waals surface area contributed by atoms with Gasteiger partial charge in [-0.1, -0.05) is 0 Å². The summed E-state index contributed by atoms with van der Waals surface area (Å²) in [5.74, 6) is -10.3. The quantitative estimate of drug-likeness (QED) is 0.158. The molecule has 0 unspecified atom stereocenters. The van der Waals surface area contributed by atoms with Crippen LogP contribution in [0.4, 0.5) is 0 Å². The van der Waals surface area contributed by atoms with Crippen LogP contribution in [0.2, 0.25) is 0 Å². The molecule has 1 aromatic rings. The molecule has 0 spiro atoms. The van der Waals surface area contributed by atoms with E-state index >= 15 is 0 Å². The Hall–Kier alpha value is -1.90. The van der Waals surface area contributed by atoms with Crippen LogP contribution in [-0.4, -0.2) is 40.9 Å². The molecule has 0 heterocycles. The highest BCUT2D eigenvalue weighted by Gasteiger charge is 2.36. The van der Waals surface area contributed by atoms with Crippen molar-refractivity contribution in [2.45, 2.75) is 5.97 Å². The number of rotatable bonds is 1. The van der Waals surface area contributed by atoms with Gasteiger partial charge in [0.2, 0.25) is 17.2 Å². The molecular weight excluding hydrogens is 212 g/mol. The van der Waals surface area contributed by atoms with Crippen molar-refractivity contribution in [2.75, 3.05) is 0 Å². The minimum Gasteiger partial charge on any atom is -0.504 e. The van der Waals surface area contributed by atoms with Crippen molar-refractivity contribution in [1.82, 2.24) is 0 Å². The van der Waals surface area contributed by atoms with Crippen molar-refractivity contribution in [3.63, 3.8) is 0 Å². The average molecular weight is 220 g/mol. The van der Waals surface area contributed by atoms with Crippen LogP contribution in [0.15, 0.2) is 0 Å². The van der Waals surface area contributed by atoms with Gasteiger partial charge in [-0.15, -0.1) is 0 Å². The Labute approximate surface area is 82.2 Å². The molecule has 0 bridgehead atoms. The molecule has 0 aliphatic heterocycles. The largest absolute Gasteiger partial charge is 0.504 e. The van der Waals surface area contributed by atoms with Gasteiger partial charge < -0.3 is 40.9 Å². The lowest BCUT2D eigenvalue weighted by Crippen LogP contribution is -2.24. The third kappa shape index (κ3) is 1.56. The SMILES string of the molecule is Oc1c(O)c(O)c(C(O)(O)O)c(O)c1O. The van der Waals surface area contributed by atoms with E-state index in [0.717, 1.165) is 0 Å². The van der Waals surface area contributed by atoms with Gasteiger partial charge in [-0.05, 0) is 0 Å². The van der Waals surface area contributed by atoms with Crippen molar-refractivity contribution >= 4 is 0 Å². The summed E-state index contributed by atoms with van der Waals surface area (Å²) >= 11 is 0. The Bertz CT molecular complexity index is 375. The fraction of sp³-hybridized carbons (Fsp3) is 0.143. The molecule has 0 aromatic heterocycles. The molecule has 0 atom stereocenters. The highest BCUT2D eigenvalue weighted by atomic mass is 16.7. The zero-order valence-electron chi connectivity index (χ0n) is 7.08. The van der Waals surface area contributed by atoms with Crippen LogP contribution in [0.1, 0.15) is 5.56 Å². The van der Waals surface area contributed by atoms with Gasteiger partial charge in [-0.2, -0.15) is 0 Å². The molecule has 0 fully saturated rings. The molecule has 84 valence electrons. The third-order valence-electron chi connectivity index (χ3n) is 1.71. The maximum atomic E-state index is 9.06. The topological polar surface area (TPSA) is 162 Å². The molecule has 0 amide bonds. The van der Waals surface area contributed by atoms with Crippen LogP contribution >= 0.6 is 0 Å². The number of phenolic OH excluding ortho intramolecular Hbond substituents is 5. The Balaban J connectivity index is 3.68.